The van der Waals surface area contributed by atoms with Crippen molar-refractivity contribution in [3.63, 3.8) is 0 Å². The minimum absolute atomic E-state index is 0.426. The fraction of sp³-hybridized carbons (Fsp3) is 0.300. The molecule has 0 saturated carbocycles. The molecule has 3 aromatic rings. The van der Waals surface area contributed by atoms with Gasteiger partial charge in [-0.25, -0.2) is 0 Å². The fourth-order valence-corrected chi connectivity index (χ4v) is 3.51. The van der Waals surface area contributed by atoms with Gasteiger partial charge in [0.1, 0.15) is 12.4 Å². The van der Waals surface area contributed by atoms with Crippen LogP contribution in [0.15, 0.2) is 53.7 Å². The van der Waals surface area contributed by atoms with Crippen molar-refractivity contribution < 1.29 is 4.74 Å². The first-order valence-electron chi connectivity index (χ1n) is 8.45. The Balaban J connectivity index is 1.64. The lowest BCUT2D eigenvalue weighted by molar-refractivity contribution is 0.288. The normalized spacial score (nSPS) is 10.8. The van der Waals surface area contributed by atoms with E-state index in [0.29, 0.717) is 6.61 Å². The van der Waals surface area contributed by atoms with E-state index in [1.165, 1.54) is 16.7 Å². The predicted octanol–water partition coefficient (Wildman–Crippen LogP) is 4.79. The molecular weight excluding hydrogens is 330 g/mol. The third-order valence-electron chi connectivity index (χ3n) is 3.96. The summed E-state index contributed by atoms with van der Waals surface area (Å²) in [6.45, 7) is 7.52. The number of ether oxygens (including phenoxy) is 1. The third kappa shape index (κ3) is 4.63. The average Bonchev–Trinajstić information content (AvgIpc) is 3.01. The van der Waals surface area contributed by atoms with Gasteiger partial charge in [0.15, 0.2) is 11.0 Å². The van der Waals surface area contributed by atoms with Crippen LogP contribution < -0.4 is 4.74 Å². The molecule has 1 aromatic heterocycles. The molecule has 5 heteroatoms. The van der Waals surface area contributed by atoms with Crippen molar-refractivity contribution >= 4 is 11.8 Å². The molecule has 1 heterocycles. The van der Waals surface area contributed by atoms with Crippen LogP contribution in [0.4, 0.5) is 0 Å². The second kappa shape index (κ2) is 8.21. The summed E-state index contributed by atoms with van der Waals surface area (Å²) in [6, 6.07) is 16.7. The van der Waals surface area contributed by atoms with E-state index in [9.17, 15) is 0 Å². The largest absolute Gasteiger partial charge is 0.486 e. The van der Waals surface area contributed by atoms with Gasteiger partial charge in [-0.05, 0) is 44.0 Å². The van der Waals surface area contributed by atoms with Gasteiger partial charge in [0.2, 0.25) is 0 Å². The molecule has 0 unspecified atom stereocenters. The standard InChI is InChI=1S/C20H23N3OS/c1-4-23-19(13-24-18-7-5-6-16(3)12-18)21-22-20(23)25-14-17-10-8-15(2)9-11-17/h5-12H,4,13-14H2,1-3H3. The Kier molecular flexibility index (Phi) is 5.76. The van der Waals surface area contributed by atoms with Crippen molar-refractivity contribution in [1.82, 2.24) is 14.8 Å². The van der Waals surface area contributed by atoms with Crippen LogP contribution in [-0.4, -0.2) is 14.8 Å². The van der Waals surface area contributed by atoms with E-state index in [1.807, 2.05) is 18.2 Å². The Morgan fingerprint density at radius 1 is 1.00 bits per heavy atom. The lowest BCUT2D eigenvalue weighted by Gasteiger charge is -2.09. The van der Waals surface area contributed by atoms with Crippen molar-refractivity contribution in [3.05, 3.63) is 71.0 Å². The summed E-state index contributed by atoms with van der Waals surface area (Å²) in [5.74, 6) is 2.60. The number of benzene rings is 2. The van der Waals surface area contributed by atoms with Gasteiger partial charge in [-0.2, -0.15) is 0 Å². The van der Waals surface area contributed by atoms with Gasteiger partial charge < -0.3 is 9.30 Å². The maximum atomic E-state index is 5.87. The highest BCUT2D eigenvalue weighted by atomic mass is 32.2. The van der Waals surface area contributed by atoms with Gasteiger partial charge >= 0.3 is 0 Å². The van der Waals surface area contributed by atoms with Crippen molar-refractivity contribution in [2.24, 2.45) is 0 Å². The minimum Gasteiger partial charge on any atom is -0.486 e. The van der Waals surface area contributed by atoms with Crippen LogP contribution in [-0.2, 0) is 18.9 Å². The first-order chi connectivity index (χ1) is 12.2. The number of hydrogen-bond acceptors (Lipinski definition) is 4. The zero-order chi connectivity index (χ0) is 17.6. The Morgan fingerprint density at radius 3 is 2.52 bits per heavy atom. The van der Waals surface area contributed by atoms with Gasteiger partial charge in [-0.1, -0.05) is 53.7 Å². The molecule has 0 aliphatic rings. The highest BCUT2D eigenvalue weighted by Gasteiger charge is 2.12. The van der Waals surface area contributed by atoms with Gasteiger partial charge in [-0.15, -0.1) is 10.2 Å². The molecule has 0 saturated heterocycles. The molecule has 0 fully saturated rings. The van der Waals surface area contributed by atoms with E-state index in [4.69, 9.17) is 4.74 Å². The van der Waals surface area contributed by atoms with Gasteiger partial charge in [0.25, 0.3) is 0 Å². The number of hydrogen-bond donors (Lipinski definition) is 0. The number of aromatic nitrogens is 3. The molecule has 0 aliphatic heterocycles. The molecule has 0 N–H and O–H groups in total. The molecular formula is C20H23N3OS. The van der Waals surface area contributed by atoms with Crippen LogP contribution >= 0.6 is 11.8 Å². The summed E-state index contributed by atoms with van der Waals surface area (Å²) >= 11 is 1.71. The summed E-state index contributed by atoms with van der Waals surface area (Å²) in [4.78, 5) is 0. The third-order valence-corrected chi connectivity index (χ3v) is 4.99. The second-order valence-corrected chi connectivity index (χ2v) is 6.97. The lowest BCUT2D eigenvalue weighted by Crippen LogP contribution is -2.07. The van der Waals surface area contributed by atoms with E-state index in [1.54, 1.807) is 11.8 Å². The van der Waals surface area contributed by atoms with E-state index >= 15 is 0 Å². The minimum atomic E-state index is 0.426. The summed E-state index contributed by atoms with van der Waals surface area (Å²) in [6.07, 6.45) is 0. The van der Waals surface area contributed by atoms with Crippen LogP contribution in [0.25, 0.3) is 0 Å². The molecule has 0 amide bonds. The second-order valence-electron chi connectivity index (χ2n) is 6.02. The number of nitrogens with zero attached hydrogens (tertiary/aromatic N) is 3. The molecule has 130 valence electrons. The molecule has 3 rings (SSSR count). The van der Waals surface area contributed by atoms with Crippen LogP contribution in [0.2, 0.25) is 0 Å². The van der Waals surface area contributed by atoms with E-state index in [2.05, 4.69) is 65.9 Å². The average molecular weight is 353 g/mol. The number of aryl methyl sites for hydroxylation is 2. The van der Waals surface area contributed by atoms with Gasteiger partial charge in [0, 0.05) is 12.3 Å². The maximum absolute atomic E-state index is 5.87. The Labute approximate surface area is 153 Å². The molecule has 0 aliphatic carbocycles. The predicted molar refractivity (Wildman–Crippen MR) is 102 cm³/mol. The summed E-state index contributed by atoms with van der Waals surface area (Å²) < 4.78 is 7.99. The molecule has 0 bridgehead atoms. The number of thioether (sulfide) groups is 1. The first-order valence-corrected chi connectivity index (χ1v) is 9.44. The van der Waals surface area contributed by atoms with Crippen LogP contribution in [0, 0.1) is 13.8 Å². The molecule has 0 radical (unpaired) electrons. The molecule has 2 aromatic carbocycles. The zero-order valence-electron chi connectivity index (χ0n) is 14.9. The number of rotatable bonds is 7. The van der Waals surface area contributed by atoms with Crippen molar-refractivity contribution in [2.45, 2.75) is 44.8 Å². The highest BCUT2D eigenvalue weighted by Crippen LogP contribution is 2.23. The Hall–Kier alpha value is -2.27. The smallest absolute Gasteiger partial charge is 0.191 e. The maximum Gasteiger partial charge on any atom is 0.191 e. The lowest BCUT2D eigenvalue weighted by atomic mass is 10.2. The van der Waals surface area contributed by atoms with Crippen molar-refractivity contribution in [3.8, 4) is 5.75 Å². The summed E-state index contributed by atoms with van der Waals surface area (Å²) in [5, 5.41) is 9.60. The van der Waals surface area contributed by atoms with E-state index in [0.717, 1.165) is 29.0 Å². The van der Waals surface area contributed by atoms with Crippen molar-refractivity contribution in [1.29, 1.82) is 0 Å². The quantitative estimate of drug-likeness (QED) is 0.573. The van der Waals surface area contributed by atoms with Gasteiger partial charge in [0.05, 0.1) is 0 Å². The molecule has 0 atom stereocenters. The summed E-state index contributed by atoms with van der Waals surface area (Å²) in [5.41, 5.74) is 3.75. The van der Waals surface area contributed by atoms with Crippen LogP contribution in [0.5, 0.6) is 5.75 Å². The fourth-order valence-electron chi connectivity index (χ4n) is 2.54. The van der Waals surface area contributed by atoms with Crippen LogP contribution in [0.3, 0.4) is 0 Å². The first kappa shape index (κ1) is 17.5. The Bertz CT molecular complexity index is 827. The van der Waals surface area contributed by atoms with Gasteiger partial charge in [-0.3, -0.25) is 0 Å². The monoisotopic (exact) mass is 353 g/mol. The zero-order valence-corrected chi connectivity index (χ0v) is 15.7. The summed E-state index contributed by atoms with van der Waals surface area (Å²) in [7, 11) is 0. The van der Waals surface area contributed by atoms with Crippen LogP contribution in [0.1, 0.15) is 29.4 Å². The molecule has 4 nitrogen and oxygen atoms in total. The SMILES string of the molecule is CCn1c(COc2cccc(C)c2)nnc1SCc1ccc(C)cc1. The topological polar surface area (TPSA) is 39.9 Å². The molecule has 25 heavy (non-hydrogen) atoms. The van der Waals surface area contributed by atoms with E-state index in [-0.39, 0.29) is 0 Å². The molecule has 0 spiro atoms. The van der Waals surface area contributed by atoms with Crippen molar-refractivity contribution in [2.75, 3.05) is 0 Å². The highest BCUT2D eigenvalue weighted by molar-refractivity contribution is 7.98. The Morgan fingerprint density at radius 2 is 1.80 bits per heavy atom. The van der Waals surface area contributed by atoms with E-state index < -0.39 is 0 Å².